The molecule has 4 unspecified atom stereocenters. The summed E-state index contributed by atoms with van der Waals surface area (Å²) in [6.45, 7) is 7.85. The normalized spacial score (nSPS) is 55.0. The Kier molecular flexibility index (Phi) is 2.72. The smallest absolute Gasteiger partial charge is 0.0651 e. The van der Waals surface area contributed by atoms with Crippen LogP contribution in [-0.4, -0.2) is 7.28 Å². The second-order valence-electron chi connectivity index (χ2n) is 9.42. The fourth-order valence-electron chi connectivity index (χ4n) is 7.04. The van der Waals surface area contributed by atoms with Gasteiger partial charge in [-0.15, -0.1) is 0 Å². The zero-order valence-corrected chi connectivity index (χ0v) is 13.3. The van der Waals surface area contributed by atoms with Crippen LogP contribution in [0.25, 0.3) is 0 Å². The Bertz CT molecular complexity index is 360. The van der Waals surface area contributed by atoms with Crippen molar-refractivity contribution in [2.24, 2.45) is 28.6 Å². The predicted molar refractivity (Wildman–Crippen MR) is 83.9 cm³/mol. The fourth-order valence-corrected chi connectivity index (χ4v) is 7.04. The van der Waals surface area contributed by atoms with Gasteiger partial charge in [0.05, 0.1) is 0 Å². The van der Waals surface area contributed by atoms with Gasteiger partial charge in [-0.1, -0.05) is 64.5 Å². The van der Waals surface area contributed by atoms with Gasteiger partial charge in [-0.25, -0.2) is 0 Å². The predicted octanol–water partition coefficient (Wildman–Crippen LogP) is 5.06. The molecule has 106 valence electrons. The first kappa shape index (κ1) is 12.8. The van der Waals surface area contributed by atoms with Crippen molar-refractivity contribution >= 4 is 7.28 Å². The summed E-state index contributed by atoms with van der Waals surface area (Å²) < 4.78 is 0. The van der Waals surface area contributed by atoms with E-state index in [1.807, 2.05) is 0 Å². The maximum atomic E-state index is 2.69. The lowest BCUT2D eigenvalue weighted by Gasteiger charge is -2.67. The summed E-state index contributed by atoms with van der Waals surface area (Å²) in [4.78, 5) is 0. The van der Waals surface area contributed by atoms with Crippen LogP contribution in [0.15, 0.2) is 0 Å². The Morgan fingerprint density at radius 3 is 2.11 bits per heavy atom. The van der Waals surface area contributed by atoms with Crippen LogP contribution < -0.4 is 0 Å². The summed E-state index contributed by atoms with van der Waals surface area (Å²) in [5.74, 6) is 5.39. The Hall–Kier alpha value is 0.0649. The standard InChI is InChI=1S/C18H31B/c1-17(2)12-7-8-18(3,16(17)11-12)13-9-14-5-4-6-15(10-13)19-14/h12-16,19H,4-11H2,1-3H3/t12?,13?,14?,15?,16-,18?/m0/s1. The SMILES string of the molecule is CC1(C)C2CCC(C)(C3CC4BC(CCC4)C3)[C@H]1C2. The van der Waals surface area contributed by atoms with Gasteiger partial charge >= 0.3 is 0 Å². The van der Waals surface area contributed by atoms with E-state index >= 15 is 0 Å². The van der Waals surface area contributed by atoms with E-state index in [0.717, 1.165) is 29.4 Å². The lowest BCUT2D eigenvalue weighted by atomic mass is 9.34. The largest absolute Gasteiger partial charge is 0.127 e. The van der Waals surface area contributed by atoms with Crippen LogP contribution in [0.4, 0.5) is 0 Å². The zero-order valence-electron chi connectivity index (χ0n) is 13.3. The van der Waals surface area contributed by atoms with Crippen LogP contribution in [0.5, 0.6) is 0 Å². The molecule has 0 aromatic rings. The van der Waals surface area contributed by atoms with Crippen LogP contribution in [0.1, 0.15) is 72.1 Å². The molecular weight excluding hydrogens is 227 g/mol. The third-order valence-electron chi connectivity index (χ3n) is 8.36. The summed E-state index contributed by atoms with van der Waals surface area (Å²) in [5.41, 5.74) is 1.37. The Balaban J connectivity index is 1.57. The topological polar surface area (TPSA) is 0 Å². The first-order valence-electron chi connectivity index (χ1n) is 9.00. The van der Waals surface area contributed by atoms with Crippen molar-refractivity contribution in [2.45, 2.75) is 83.8 Å². The zero-order chi connectivity index (χ0) is 13.3. The molecule has 0 N–H and O–H groups in total. The molecule has 0 amide bonds. The molecule has 2 saturated heterocycles. The van der Waals surface area contributed by atoms with Crippen LogP contribution in [0.2, 0.25) is 11.6 Å². The molecule has 0 aromatic heterocycles. The Labute approximate surface area is 120 Å². The quantitative estimate of drug-likeness (QED) is 0.577. The lowest BCUT2D eigenvalue weighted by Crippen LogP contribution is -2.59. The van der Waals surface area contributed by atoms with E-state index in [0.29, 0.717) is 10.8 Å². The maximum Gasteiger partial charge on any atom is 0.127 e. The second-order valence-corrected chi connectivity index (χ2v) is 9.42. The molecule has 5 atom stereocenters. The van der Waals surface area contributed by atoms with Gasteiger partial charge in [0.15, 0.2) is 0 Å². The summed E-state index contributed by atoms with van der Waals surface area (Å²) in [7, 11) is 1.59. The van der Waals surface area contributed by atoms with E-state index < -0.39 is 0 Å². The molecule has 3 saturated carbocycles. The van der Waals surface area contributed by atoms with Crippen molar-refractivity contribution in [3.8, 4) is 0 Å². The monoisotopic (exact) mass is 258 g/mol. The van der Waals surface area contributed by atoms with Gasteiger partial charge in [0.1, 0.15) is 7.28 Å². The van der Waals surface area contributed by atoms with Crippen LogP contribution in [0, 0.1) is 28.6 Å². The molecule has 3 aliphatic carbocycles. The molecule has 19 heavy (non-hydrogen) atoms. The Morgan fingerprint density at radius 1 is 0.842 bits per heavy atom. The summed E-state index contributed by atoms with van der Waals surface area (Å²) >= 11 is 0. The number of hydrogen-bond donors (Lipinski definition) is 0. The lowest BCUT2D eigenvalue weighted by molar-refractivity contribution is -0.175. The minimum Gasteiger partial charge on any atom is -0.0651 e. The molecule has 4 bridgehead atoms. The number of hydrogen-bond acceptors (Lipinski definition) is 0. The van der Waals surface area contributed by atoms with Crippen molar-refractivity contribution in [2.75, 3.05) is 0 Å². The fraction of sp³-hybridized carbons (Fsp3) is 1.00. The van der Waals surface area contributed by atoms with Gasteiger partial charge in [-0.3, -0.25) is 0 Å². The second kappa shape index (κ2) is 4.04. The van der Waals surface area contributed by atoms with Gasteiger partial charge in [0.25, 0.3) is 0 Å². The first-order chi connectivity index (χ1) is 9.00. The molecular formula is C18H31B. The molecule has 2 aliphatic heterocycles. The van der Waals surface area contributed by atoms with E-state index in [-0.39, 0.29) is 0 Å². The van der Waals surface area contributed by atoms with Gasteiger partial charge in [-0.2, -0.15) is 0 Å². The van der Waals surface area contributed by atoms with Crippen molar-refractivity contribution in [3.63, 3.8) is 0 Å². The summed E-state index contributed by atoms with van der Waals surface area (Å²) in [5, 5.41) is 0. The molecule has 1 heteroatoms. The molecule has 0 aromatic carbocycles. The molecule has 5 fully saturated rings. The molecule has 2 heterocycles. The number of fused-ring (bicyclic) bond motifs is 4. The van der Waals surface area contributed by atoms with Crippen molar-refractivity contribution in [1.82, 2.24) is 0 Å². The Morgan fingerprint density at radius 2 is 1.53 bits per heavy atom. The third kappa shape index (κ3) is 1.72. The van der Waals surface area contributed by atoms with E-state index in [1.54, 1.807) is 45.8 Å². The number of rotatable bonds is 1. The summed E-state index contributed by atoms with van der Waals surface area (Å²) in [6, 6.07) is 0. The molecule has 0 spiro atoms. The highest BCUT2D eigenvalue weighted by atomic mass is 14.7. The van der Waals surface area contributed by atoms with Gasteiger partial charge < -0.3 is 0 Å². The van der Waals surface area contributed by atoms with Crippen molar-refractivity contribution in [3.05, 3.63) is 0 Å². The highest BCUT2D eigenvalue weighted by Crippen LogP contribution is 2.70. The average molecular weight is 258 g/mol. The van der Waals surface area contributed by atoms with E-state index in [1.165, 1.54) is 12.8 Å². The third-order valence-corrected chi connectivity index (χ3v) is 8.36. The maximum absolute atomic E-state index is 2.69. The van der Waals surface area contributed by atoms with Crippen molar-refractivity contribution in [1.29, 1.82) is 0 Å². The summed E-state index contributed by atoms with van der Waals surface area (Å²) in [6.07, 6.45) is 12.5. The van der Waals surface area contributed by atoms with E-state index in [2.05, 4.69) is 20.8 Å². The van der Waals surface area contributed by atoms with Crippen LogP contribution in [-0.2, 0) is 0 Å². The van der Waals surface area contributed by atoms with Gasteiger partial charge in [0.2, 0.25) is 0 Å². The van der Waals surface area contributed by atoms with Gasteiger partial charge in [0, 0.05) is 0 Å². The van der Waals surface area contributed by atoms with Crippen LogP contribution in [0.3, 0.4) is 0 Å². The average Bonchev–Trinajstić information content (AvgIpc) is 2.38. The highest BCUT2D eigenvalue weighted by molar-refractivity contribution is 6.40. The van der Waals surface area contributed by atoms with Crippen LogP contribution >= 0.6 is 0 Å². The molecule has 5 aliphatic rings. The first-order valence-corrected chi connectivity index (χ1v) is 9.00. The highest BCUT2D eigenvalue weighted by Gasteiger charge is 2.61. The minimum absolute atomic E-state index is 0.666. The van der Waals surface area contributed by atoms with Crippen molar-refractivity contribution < 1.29 is 0 Å². The molecule has 0 nitrogen and oxygen atoms in total. The molecule has 5 rings (SSSR count). The van der Waals surface area contributed by atoms with E-state index in [9.17, 15) is 0 Å². The minimum atomic E-state index is 0.666. The van der Waals surface area contributed by atoms with E-state index in [4.69, 9.17) is 0 Å². The molecule has 0 radical (unpaired) electrons. The van der Waals surface area contributed by atoms with Gasteiger partial charge in [-0.05, 0) is 47.8 Å².